The summed E-state index contributed by atoms with van der Waals surface area (Å²) in [5, 5.41) is 12.4. The van der Waals surface area contributed by atoms with E-state index in [9.17, 15) is 5.26 Å². The van der Waals surface area contributed by atoms with Crippen molar-refractivity contribution in [1.82, 2.24) is 4.98 Å². The number of fused-ring (bicyclic) bond motifs is 3. The molecule has 0 atom stereocenters. The first-order valence-electron chi connectivity index (χ1n) is 6.62. The van der Waals surface area contributed by atoms with Crippen LogP contribution in [0.1, 0.15) is 23.6 Å². The number of hydrogen-bond acceptors (Lipinski definition) is 4. The van der Waals surface area contributed by atoms with Gasteiger partial charge in [-0.25, -0.2) is 4.98 Å². The van der Waals surface area contributed by atoms with Crippen LogP contribution in [0.15, 0.2) is 24.3 Å². The molecule has 2 aromatic rings. The summed E-state index contributed by atoms with van der Waals surface area (Å²) in [6.07, 6.45) is 0.822. The van der Waals surface area contributed by atoms with E-state index in [4.69, 9.17) is 4.74 Å². The van der Waals surface area contributed by atoms with E-state index >= 15 is 0 Å². The fraction of sp³-hybridized carbons (Fsp3) is 0.250. The van der Waals surface area contributed by atoms with Crippen LogP contribution in [0.4, 0.5) is 5.82 Å². The lowest BCUT2D eigenvalue weighted by atomic mass is 10.1. The summed E-state index contributed by atoms with van der Waals surface area (Å²) < 4.78 is 5.28. The second-order valence-corrected chi connectivity index (χ2v) is 4.73. The van der Waals surface area contributed by atoms with Crippen molar-refractivity contribution in [3.05, 3.63) is 41.0 Å². The van der Waals surface area contributed by atoms with Gasteiger partial charge in [-0.15, -0.1) is 0 Å². The Labute approximate surface area is 118 Å². The third-order valence-electron chi connectivity index (χ3n) is 3.52. The minimum absolute atomic E-state index is 0.602. The van der Waals surface area contributed by atoms with Crippen molar-refractivity contribution in [2.45, 2.75) is 13.3 Å². The van der Waals surface area contributed by atoms with Gasteiger partial charge < -0.3 is 10.1 Å². The number of nitrogens with one attached hydrogen (secondary N) is 1. The monoisotopic (exact) mass is 265 g/mol. The van der Waals surface area contributed by atoms with Crippen LogP contribution in [0.25, 0.3) is 11.3 Å². The van der Waals surface area contributed by atoms with Gasteiger partial charge in [0, 0.05) is 18.5 Å². The van der Waals surface area contributed by atoms with Crippen molar-refractivity contribution < 1.29 is 4.74 Å². The predicted molar refractivity (Wildman–Crippen MR) is 77.9 cm³/mol. The molecule has 4 nitrogen and oxygen atoms in total. The Balaban J connectivity index is 2.16. The van der Waals surface area contributed by atoms with Gasteiger partial charge in [-0.1, -0.05) is 6.07 Å². The lowest BCUT2D eigenvalue weighted by Gasteiger charge is -2.08. The summed E-state index contributed by atoms with van der Waals surface area (Å²) in [5.41, 5.74) is 4.99. The highest BCUT2D eigenvalue weighted by molar-refractivity contribution is 5.77. The third kappa shape index (κ3) is 1.88. The Kier molecular flexibility index (Phi) is 3.03. The quantitative estimate of drug-likeness (QED) is 0.791. The van der Waals surface area contributed by atoms with Gasteiger partial charge in [0.1, 0.15) is 17.6 Å². The summed E-state index contributed by atoms with van der Waals surface area (Å²) in [5.74, 6) is 1.48. The molecule has 1 aliphatic rings. The van der Waals surface area contributed by atoms with Crippen LogP contribution in [0, 0.1) is 11.3 Å². The highest BCUT2D eigenvalue weighted by Crippen LogP contribution is 2.38. The molecule has 1 aromatic carbocycles. The van der Waals surface area contributed by atoms with Crippen LogP contribution in [-0.2, 0) is 6.42 Å². The molecule has 0 radical (unpaired) electrons. The minimum Gasteiger partial charge on any atom is -0.497 e. The number of anilines is 1. The fourth-order valence-corrected chi connectivity index (χ4v) is 2.57. The molecular formula is C16H15N3O. The van der Waals surface area contributed by atoms with Crippen LogP contribution in [0.2, 0.25) is 0 Å². The molecule has 0 fully saturated rings. The maximum Gasteiger partial charge on any atom is 0.144 e. The van der Waals surface area contributed by atoms with E-state index < -0.39 is 0 Å². The Bertz CT molecular complexity index is 716. The zero-order valence-corrected chi connectivity index (χ0v) is 11.5. The van der Waals surface area contributed by atoms with Crippen molar-refractivity contribution in [2.24, 2.45) is 0 Å². The number of nitriles is 1. The average molecular weight is 265 g/mol. The molecule has 1 N–H and O–H groups in total. The van der Waals surface area contributed by atoms with Crippen LogP contribution in [-0.4, -0.2) is 18.6 Å². The number of nitrogens with zero attached hydrogens (tertiary/aromatic N) is 2. The number of hydrogen-bond donors (Lipinski definition) is 1. The van der Waals surface area contributed by atoms with E-state index in [1.165, 1.54) is 5.56 Å². The number of pyridine rings is 1. The van der Waals surface area contributed by atoms with Crippen molar-refractivity contribution >= 4 is 5.82 Å². The maximum atomic E-state index is 9.23. The van der Waals surface area contributed by atoms with Gasteiger partial charge in [-0.05, 0) is 36.2 Å². The molecule has 3 rings (SSSR count). The molecule has 0 saturated heterocycles. The summed E-state index contributed by atoms with van der Waals surface area (Å²) in [7, 11) is 1.66. The van der Waals surface area contributed by atoms with Gasteiger partial charge in [0.25, 0.3) is 0 Å². The SMILES string of the molecule is CCNc1nc2c(cc1C#N)Cc1ccc(OC)cc1-2. The lowest BCUT2D eigenvalue weighted by Crippen LogP contribution is -2.03. The number of benzene rings is 1. The zero-order valence-electron chi connectivity index (χ0n) is 11.5. The molecule has 1 aliphatic carbocycles. The molecule has 0 unspecified atom stereocenters. The average Bonchev–Trinajstić information content (AvgIpc) is 2.83. The zero-order chi connectivity index (χ0) is 14.1. The van der Waals surface area contributed by atoms with Gasteiger partial charge in [0.2, 0.25) is 0 Å². The van der Waals surface area contributed by atoms with Crippen molar-refractivity contribution in [2.75, 3.05) is 19.0 Å². The summed E-state index contributed by atoms with van der Waals surface area (Å²) in [6, 6.07) is 10.2. The number of methoxy groups -OCH3 is 1. The van der Waals surface area contributed by atoms with Crippen molar-refractivity contribution in [3.8, 4) is 23.1 Å². The Morgan fingerprint density at radius 3 is 2.90 bits per heavy atom. The van der Waals surface area contributed by atoms with Gasteiger partial charge in [0.15, 0.2) is 0 Å². The molecule has 0 spiro atoms. The van der Waals surface area contributed by atoms with Crippen LogP contribution >= 0.6 is 0 Å². The summed E-state index contributed by atoms with van der Waals surface area (Å²) >= 11 is 0. The van der Waals surface area contributed by atoms with Gasteiger partial charge in [0.05, 0.1) is 18.4 Å². The Morgan fingerprint density at radius 1 is 1.35 bits per heavy atom. The molecule has 1 heterocycles. The van der Waals surface area contributed by atoms with E-state index in [0.29, 0.717) is 11.4 Å². The Hall–Kier alpha value is -2.54. The topological polar surface area (TPSA) is 57.9 Å². The first-order valence-corrected chi connectivity index (χ1v) is 6.62. The van der Waals surface area contributed by atoms with E-state index in [0.717, 1.165) is 35.5 Å². The van der Waals surface area contributed by atoms with Crippen LogP contribution in [0.5, 0.6) is 5.75 Å². The van der Waals surface area contributed by atoms with E-state index in [-0.39, 0.29) is 0 Å². The molecule has 1 aromatic heterocycles. The molecule has 4 heteroatoms. The van der Waals surface area contributed by atoms with Crippen LogP contribution in [0.3, 0.4) is 0 Å². The fourth-order valence-electron chi connectivity index (χ4n) is 2.57. The van der Waals surface area contributed by atoms with Gasteiger partial charge >= 0.3 is 0 Å². The predicted octanol–water partition coefficient (Wildman–Crippen LogP) is 2.96. The highest BCUT2D eigenvalue weighted by atomic mass is 16.5. The Morgan fingerprint density at radius 2 is 2.20 bits per heavy atom. The first-order chi connectivity index (χ1) is 9.76. The van der Waals surface area contributed by atoms with E-state index in [1.807, 2.05) is 25.1 Å². The summed E-state index contributed by atoms with van der Waals surface area (Å²) in [4.78, 5) is 4.64. The second kappa shape index (κ2) is 4.86. The smallest absolute Gasteiger partial charge is 0.144 e. The number of aromatic nitrogens is 1. The van der Waals surface area contributed by atoms with Gasteiger partial charge in [-0.3, -0.25) is 0 Å². The minimum atomic E-state index is 0.602. The third-order valence-corrected chi connectivity index (χ3v) is 3.52. The first kappa shape index (κ1) is 12.5. The van der Waals surface area contributed by atoms with Crippen LogP contribution < -0.4 is 10.1 Å². The van der Waals surface area contributed by atoms with E-state index in [2.05, 4.69) is 22.4 Å². The standard InChI is InChI=1S/C16H15N3O/c1-3-18-16-12(9-17)7-11-6-10-4-5-13(20-2)8-14(10)15(11)19-16/h4-5,7-8H,3,6H2,1-2H3,(H,18,19). The number of ether oxygens (including phenoxy) is 1. The highest BCUT2D eigenvalue weighted by Gasteiger charge is 2.22. The molecule has 0 saturated carbocycles. The normalized spacial score (nSPS) is 11.4. The molecule has 20 heavy (non-hydrogen) atoms. The summed E-state index contributed by atoms with van der Waals surface area (Å²) in [6.45, 7) is 2.73. The van der Waals surface area contributed by atoms with Gasteiger partial charge in [-0.2, -0.15) is 5.26 Å². The number of rotatable bonds is 3. The molecule has 0 amide bonds. The molecule has 100 valence electrons. The molecule has 0 aliphatic heterocycles. The van der Waals surface area contributed by atoms with Crippen molar-refractivity contribution in [3.63, 3.8) is 0 Å². The lowest BCUT2D eigenvalue weighted by molar-refractivity contribution is 0.415. The largest absolute Gasteiger partial charge is 0.497 e. The molecule has 0 bridgehead atoms. The maximum absolute atomic E-state index is 9.23. The molecular weight excluding hydrogens is 250 g/mol. The van der Waals surface area contributed by atoms with Crippen molar-refractivity contribution in [1.29, 1.82) is 5.26 Å². The second-order valence-electron chi connectivity index (χ2n) is 4.73. The van der Waals surface area contributed by atoms with E-state index in [1.54, 1.807) is 7.11 Å².